The fourth-order valence-electron chi connectivity index (χ4n) is 2.50. The lowest BCUT2D eigenvalue weighted by molar-refractivity contribution is -0.145. The fraction of sp³-hybridized carbons (Fsp3) is 0.467. The Hall–Kier alpha value is -1.84. The highest BCUT2D eigenvalue weighted by Crippen LogP contribution is 2.49. The van der Waals surface area contributed by atoms with Gasteiger partial charge in [0, 0.05) is 6.54 Å². The molecule has 1 aromatic rings. The maximum Gasteiger partial charge on any atom is 0.323 e. The van der Waals surface area contributed by atoms with Gasteiger partial charge in [-0.3, -0.25) is 9.59 Å². The predicted molar refractivity (Wildman–Crippen MR) is 71.9 cm³/mol. The molecule has 0 aliphatic heterocycles. The third kappa shape index (κ3) is 2.78. The summed E-state index contributed by atoms with van der Waals surface area (Å²) in [6.07, 6.45) is 2.40. The second-order valence-corrected chi connectivity index (χ2v) is 5.07. The van der Waals surface area contributed by atoms with Crippen molar-refractivity contribution >= 4 is 11.9 Å². The number of carbonyl (C=O) groups is 2. The molecule has 4 heteroatoms. The first kappa shape index (κ1) is 13.6. The number of aliphatic carboxylic acids is 1. The second kappa shape index (κ2) is 5.43. The molecule has 0 saturated heterocycles. The maximum absolute atomic E-state index is 12.6. The van der Waals surface area contributed by atoms with Gasteiger partial charge in [0.15, 0.2) is 0 Å². The highest BCUT2D eigenvalue weighted by molar-refractivity contribution is 5.93. The summed E-state index contributed by atoms with van der Waals surface area (Å²) in [6.45, 7) is 2.24. The number of hydrogen-bond donors (Lipinski definition) is 1. The van der Waals surface area contributed by atoms with Crippen LogP contribution in [0, 0.1) is 0 Å². The van der Waals surface area contributed by atoms with Crippen molar-refractivity contribution in [2.24, 2.45) is 0 Å². The van der Waals surface area contributed by atoms with Crippen molar-refractivity contribution in [3.63, 3.8) is 0 Å². The number of hydrogen-bond acceptors (Lipinski definition) is 2. The summed E-state index contributed by atoms with van der Waals surface area (Å²) >= 11 is 0. The van der Waals surface area contributed by atoms with Gasteiger partial charge in [-0.2, -0.15) is 0 Å². The standard InChI is InChI=1S/C15H19NO3/c1-2-10-16(11-13(17)18)14(19)15(8-9-15)12-6-4-3-5-7-12/h3-7H,2,8-11H2,1H3,(H,17,18). The van der Waals surface area contributed by atoms with Gasteiger partial charge in [0.2, 0.25) is 5.91 Å². The van der Waals surface area contributed by atoms with Gasteiger partial charge in [-0.25, -0.2) is 0 Å². The number of nitrogens with zero attached hydrogens (tertiary/aromatic N) is 1. The number of amides is 1. The second-order valence-electron chi connectivity index (χ2n) is 5.07. The highest BCUT2D eigenvalue weighted by Gasteiger charge is 2.52. The Balaban J connectivity index is 2.19. The van der Waals surface area contributed by atoms with E-state index >= 15 is 0 Å². The van der Waals surface area contributed by atoms with Gasteiger partial charge >= 0.3 is 5.97 Å². The van der Waals surface area contributed by atoms with E-state index in [-0.39, 0.29) is 12.5 Å². The van der Waals surface area contributed by atoms with Gasteiger partial charge in [-0.1, -0.05) is 37.3 Å². The first-order valence-electron chi connectivity index (χ1n) is 6.67. The lowest BCUT2D eigenvalue weighted by Crippen LogP contribution is -2.42. The van der Waals surface area contributed by atoms with Crippen LogP contribution in [0.3, 0.4) is 0 Å². The number of carboxylic acids is 1. The zero-order valence-corrected chi connectivity index (χ0v) is 11.1. The van der Waals surface area contributed by atoms with Gasteiger partial charge in [0.1, 0.15) is 6.54 Å². The van der Waals surface area contributed by atoms with Crippen molar-refractivity contribution in [2.45, 2.75) is 31.6 Å². The average molecular weight is 261 g/mol. The van der Waals surface area contributed by atoms with Crippen LogP contribution in [0.1, 0.15) is 31.7 Å². The van der Waals surface area contributed by atoms with Gasteiger partial charge in [-0.05, 0) is 24.8 Å². The Bertz CT molecular complexity index is 466. The molecule has 0 atom stereocenters. The van der Waals surface area contributed by atoms with E-state index in [1.807, 2.05) is 37.3 Å². The Morgan fingerprint density at radius 2 is 1.89 bits per heavy atom. The van der Waals surface area contributed by atoms with Gasteiger partial charge < -0.3 is 10.0 Å². The maximum atomic E-state index is 12.6. The predicted octanol–water partition coefficient (Wildman–Crippen LogP) is 2.04. The number of rotatable bonds is 6. The summed E-state index contributed by atoms with van der Waals surface area (Å²) in [6, 6.07) is 9.67. The van der Waals surface area contributed by atoms with Crippen LogP contribution >= 0.6 is 0 Å². The van der Waals surface area contributed by atoms with Crippen molar-refractivity contribution in [2.75, 3.05) is 13.1 Å². The molecule has 1 saturated carbocycles. The topological polar surface area (TPSA) is 57.6 Å². The molecule has 1 aromatic carbocycles. The van der Waals surface area contributed by atoms with Crippen LogP contribution in [0.4, 0.5) is 0 Å². The summed E-state index contributed by atoms with van der Waals surface area (Å²) in [5, 5.41) is 8.92. The van der Waals surface area contributed by atoms with Crippen molar-refractivity contribution in [1.29, 1.82) is 0 Å². The number of carbonyl (C=O) groups excluding carboxylic acids is 1. The molecule has 19 heavy (non-hydrogen) atoms. The molecular weight excluding hydrogens is 242 g/mol. The summed E-state index contributed by atoms with van der Waals surface area (Å²) in [5.41, 5.74) is 0.540. The Morgan fingerprint density at radius 3 is 2.37 bits per heavy atom. The number of carboxylic acid groups (broad SMARTS) is 1. The van der Waals surface area contributed by atoms with Crippen LogP contribution in [-0.2, 0) is 15.0 Å². The SMILES string of the molecule is CCCN(CC(=O)O)C(=O)C1(c2ccccc2)CC1. The van der Waals surface area contributed by atoms with Crippen molar-refractivity contribution in [3.05, 3.63) is 35.9 Å². The third-order valence-corrected chi connectivity index (χ3v) is 3.59. The van der Waals surface area contributed by atoms with E-state index in [9.17, 15) is 9.59 Å². The summed E-state index contributed by atoms with van der Waals surface area (Å²) in [4.78, 5) is 25.0. The Morgan fingerprint density at radius 1 is 1.26 bits per heavy atom. The van der Waals surface area contributed by atoms with Gasteiger partial charge in [-0.15, -0.1) is 0 Å². The normalized spacial score (nSPS) is 15.8. The van der Waals surface area contributed by atoms with E-state index in [2.05, 4.69) is 0 Å². The molecule has 0 heterocycles. The molecule has 102 valence electrons. The minimum Gasteiger partial charge on any atom is -0.480 e. The molecule has 1 aliphatic carbocycles. The molecule has 4 nitrogen and oxygen atoms in total. The molecule has 1 aliphatic rings. The van der Waals surface area contributed by atoms with Crippen molar-refractivity contribution in [3.8, 4) is 0 Å². The van der Waals surface area contributed by atoms with E-state index in [1.54, 1.807) is 0 Å². The van der Waals surface area contributed by atoms with E-state index in [4.69, 9.17) is 5.11 Å². The molecule has 2 rings (SSSR count). The third-order valence-electron chi connectivity index (χ3n) is 3.59. The summed E-state index contributed by atoms with van der Waals surface area (Å²) in [5.74, 6) is -0.992. The molecule has 0 unspecified atom stereocenters. The van der Waals surface area contributed by atoms with Crippen LogP contribution in [-0.4, -0.2) is 35.0 Å². The van der Waals surface area contributed by atoms with Crippen molar-refractivity contribution < 1.29 is 14.7 Å². The van der Waals surface area contributed by atoms with E-state index in [1.165, 1.54) is 4.90 Å². The molecule has 0 aromatic heterocycles. The Labute approximate surface area is 113 Å². The molecule has 0 radical (unpaired) electrons. The smallest absolute Gasteiger partial charge is 0.323 e. The Kier molecular flexibility index (Phi) is 3.88. The molecule has 1 N–H and O–H groups in total. The van der Waals surface area contributed by atoms with Crippen LogP contribution in [0.15, 0.2) is 30.3 Å². The average Bonchev–Trinajstić information content (AvgIpc) is 3.19. The lowest BCUT2D eigenvalue weighted by Gasteiger charge is -2.26. The van der Waals surface area contributed by atoms with E-state index < -0.39 is 11.4 Å². The van der Waals surface area contributed by atoms with Crippen LogP contribution in [0.25, 0.3) is 0 Å². The van der Waals surface area contributed by atoms with E-state index in [0.29, 0.717) is 6.54 Å². The quantitative estimate of drug-likeness (QED) is 0.852. The largest absolute Gasteiger partial charge is 0.480 e. The monoisotopic (exact) mass is 261 g/mol. The van der Waals surface area contributed by atoms with Gasteiger partial charge in [0.25, 0.3) is 0 Å². The van der Waals surface area contributed by atoms with Crippen molar-refractivity contribution in [1.82, 2.24) is 4.90 Å². The summed E-state index contributed by atoms with van der Waals surface area (Å²) < 4.78 is 0. The van der Waals surface area contributed by atoms with E-state index in [0.717, 1.165) is 24.8 Å². The molecule has 0 spiro atoms. The zero-order chi connectivity index (χ0) is 13.9. The molecule has 1 amide bonds. The minimum atomic E-state index is -0.953. The first-order chi connectivity index (χ1) is 9.10. The highest BCUT2D eigenvalue weighted by atomic mass is 16.4. The zero-order valence-electron chi connectivity index (χ0n) is 11.1. The van der Waals surface area contributed by atoms with Crippen LogP contribution < -0.4 is 0 Å². The first-order valence-corrected chi connectivity index (χ1v) is 6.67. The molecule has 0 bridgehead atoms. The molecular formula is C15H19NO3. The van der Waals surface area contributed by atoms with Crippen LogP contribution in [0.5, 0.6) is 0 Å². The summed E-state index contributed by atoms with van der Waals surface area (Å²) in [7, 11) is 0. The molecule has 1 fully saturated rings. The number of benzene rings is 1. The van der Waals surface area contributed by atoms with Crippen LogP contribution in [0.2, 0.25) is 0 Å². The lowest BCUT2D eigenvalue weighted by atomic mass is 9.94. The fourth-order valence-corrected chi connectivity index (χ4v) is 2.50. The minimum absolute atomic E-state index is 0.0389. The van der Waals surface area contributed by atoms with Gasteiger partial charge in [0.05, 0.1) is 5.41 Å².